The Bertz CT molecular complexity index is 651. The van der Waals surface area contributed by atoms with Crippen LogP contribution in [0, 0.1) is 0 Å². The molecule has 1 N–H and O–H groups in total. The number of benzene rings is 1. The summed E-state index contributed by atoms with van der Waals surface area (Å²) in [6.07, 6.45) is 4.35. The van der Waals surface area contributed by atoms with Crippen LogP contribution in [-0.2, 0) is 21.2 Å². The molecule has 0 aromatic heterocycles. The monoisotopic (exact) mass is 394 g/mol. The molecule has 0 saturated carbocycles. The van der Waals surface area contributed by atoms with Gasteiger partial charge in [-0.15, -0.1) is 0 Å². The Morgan fingerprint density at radius 2 is 1.96 bits per heavy atom. The smallest absolute Gasteiger partial charge is 0.235 e. The van der Waals surface area contributed by atoms with Crippen molar-refractivity contribution in [2.45, 2.75) is 32.6 Å². The summed E-state index contributed by atoms with van der Waals surface area (Å²) in [7, 11) is -3.39. The number of rotatable bonds is 10. The third-order valence-electron chi connectivity index (χ3n) is 3.53. The Morgan fingerprint density at radius 1 is 1.25 bits per heavy atom. The molecule has 0 saturated heterocycles. The molecule has 0 aliphatic rings. The first kappa shape index (κ1) is 21.2. The van der Waals surface area contributed by atoms with Crippen molar-refractivity contribution in [1.82, 2.24) is 9.62 Å². The molecular formula is C16H24Cl2N2O3S. The zero-order valence-electron chi connectivity index (χ0n) is 14.0. The van der Waals surface area contributed by atoms with Crippen molar-refractivity contribution in [1.29, 1.82) is 0 Å². The predicted octanol–water partition coefficient (Wildman–Crippen LogP) is 3.10. The minimum Gasteiger partial charge on any atom is -0.355 e. The van der Waals surface area contributed by atoms with Gasteiger partial charge in [0.1, 0.15) is 0 Å². The van der Waals surface area contributed by atoms with E-state index in [9.17, 15) is 13.2 Å². The average Bonchev–Trinajstić information content (AvgIpc) is 2.47. The SMILES string of the molecule is CCCCCN(CC(=O)NCCc1ccc(Cl)cc1Cl)S(C)(=O)=O. The molecule has 0 unspecified atom stereocenters. The molecular weight excluding hydrogens is 371 g/mol. The van der Waals surface area contributed by atoms with E-state index in [0.29, 0.717) is 29.6 Å². The Labute approximate surface area is 154 Å². The van der Waals surface area contributed by atoms with Crippen molar-refractivity contribution >= 4 is 39.1 Å². The minimum atomic E-state index is -3.39. The zero-order chi connectivity index (χ0) is 18.2. The van der Waals surface area contributed by atoms with Crippen LogP contribution in [0.25, 0.3) is 0 Å². The number of sulfonamides is 1. The number of carbonyl (C=O) groups is 1. The molecule has 0 radical (unpaired) electrons. The lowest BCUT2D eigenvalue weighted by molar-refractivity contribution is -0.121. The van der Waals surface area contributed by atoms with Crippen LogP contribution in [-0.4, -0.2) is 44.5 Å². The molecule has 24 heavy (non-hydrogen) atoms. The molecule has 8 heteroatoms. The van der Waals surface area contributed by atoms with Crippen LogP contribution < -0.4 is 5.32 Å². The molecule has 0 bridgehead atoms. The number of nitrogens with one attached hydrogen (secondary N) is 1. The first-order valence-corrected chi connectivity index (χ1v) is 10.5. The highest BCUT2D eigenvalue weighted by Gasteiger charge is 2.19. The summed E-state index contributed by atoms with van der Waals surface area (Å²) in [5.41, 5.74) is 0.879. The van der Waals surface area contributed by atoms with Crippen molar-refractivity contribution in [2.75, 3.05) is 25.9 Å². The second kappa shape index (κ2) is 10.2. The molecule has 1 amide bonds. The van der Waals surface area contributed by atoms with Gasteiger partial charge in [-0.3, -0.25) is 4.79 Å². The Balaban J connectivity index is 2.48. The summed E-state index contributed by atoms with van der Waals surface area (Å²) in [6, 6.07) is 5.20. The van der Waals surface area contributed by atoms with Crippen molar-refractivity contribution in [3.05, 3.63) is 33.8 Å². The lowest BCUT2D eigenvalue weighted by atomic mass is 10.1. The molecule has 5 nitrogen and oxygen atoms in total. The van der Waals surface area contributed by atoms with Gasteiger partial charge in [-0.2, -0.15) is 4.31 Å². The van der Waals surface area contributed by atoms with Gasteiger partial charge in [-0.05, 0) is 30.5 Å². The average molecular weight is 395 g/mol. The topological polar surface area (TPSA) is 66.5 Å². The Hall–Kier alpha value is -0.820. The van der Waals surface area contributed by atoms with E-state index in [1.54, 1.807) is 12.1 Å². The van der Waals surface area contributed by atoms with Crippen molar-refractivity contribution in [2.24, 2.45) is 0 Å². The van der Waals surface area contributed by atoms with Crippen molar-refractivity contribution in [3.8, 4) is 0 Å². The standard InChI is InChI=1S/C16H24Cl2N2O3S/c1-3-4-5-10-20(24(2,22)23)12-16(21)19-9-8-13-6-7-14(17)11-15(13)18/h6-7,11H,3-5,8-10,12H2,1-2H3,(H,19,21). The summed E-state index contributed by atoms with van der Waals surface area (Å²) in [4.78, 5) is 12.0. The van der Waals surface area contributed by atoms with Gasteiger partial charge in [-0.25, -0.2) is 8.42 Å². The molecule has 0 aliphatic heterocycles. The molecule has 1 rings (SSSR count). The maximum atomic E-state index is 12.0. The number of halogens is 2. The number of carbonyl (C=O) groups excluding carboxylic acids is 1. The van der Waals surface area contributed by atoms with E-state index < -0.39 is 10.0 Å². The van der Waals surface area contributed by atoms with E-state index in [-0.39, 0.29) is 12.5 Å². The molecule has 136 valence electrons. The fraction of sp³-hybridized carbons (Fsp3) is 0.562. The van der Waals surface area contributed by atoms with Gasteiger partial charge >= 0.3 is 0 Å². The molecule has 0 spiro atoms. The zero-order valence-corrected chi connectivity index (χ0v) is 16.3. The van der Waals surface area contributed by atoms with Crippen LogP contribution in [0.15, 0.2) is 18.2 Å². The van der Waals surface area contributed by atoms with Crippen LogP contribution in [0.1, 0.15) is 31.7 Å². The van der Waals surface area contributed by atoms with E-state index in [2.05, 4.69) is 5.32 Å². The number of nitrogens with zero attached hydrogens (tertiary/aromatic N) is 1. The maximum absolute atomic E-state index is 12.0. The normalized spacial score (nSPS) is 11.7. The maximum Gasteiger partial charge on any atom is 0.235 e. The second-order valence-corrected chi connectivity index (χ2v) is 8.47. The van der Waals surface area contributed by atoms with Gasteiger partial charge in [-0.1, -0.05) is 49.0 Å². The number of unbranched alkanes of at least 4 members (excludes halogenated alkanes) is 2. The van der Waals surface area contributed by atoms with Gasteiger partial charge in [0.15, 0.2) is 0 Å². The van der Waals surface area contributed by atoms with Gasteiger partial charge in [0, 0.05) is 23.1 Å². The first-order valence-electron chi connectivity index (χ1n) is 7.89. The summed E-state index contributed by atoms with van der Waals surface area (Å²) in [5.74, 6) is -0.318. The summed E-state index contributed by atoms with van der Waals surface area (Å²) in [5, 5.41) is 3.84. The summed E-state index contributed by atoms with van der Waals surface area (Å²) < 4.78 is 24.7. The summed E-state index contributed by atoms with van der Waals surface area (Å²) >= 11 is 11.9. The number of hydrogen-bond acceptors (Lipinski definition) is 3. The molecule has 0 heterocycles. The van der Waals surface area contributed by atoms with Crippen LogP contribution in [0.3, 0.4) is 0 Å². The molecule has 0 aliphatic carbocycles. The van der Waals surface area contributed by atoms with E-state index in [1.165, 1.54) is 4.31 Å². The van der Waals surface area contributed by atoms with Gasteiger partial charge in [0.05, 0.1) is 12.8 Å². The Morgan fingerprint density at radius 3 is 2.54 bits per heavy atom. The van der Waals surface area contributed by atoms with E-state index in [0.717, 1.165) is 31.1 Å². The lowest BCUT2D eigenvalue weighted by Crippen LogP contribution is -2.41. The van der Waals surface area contributed by atoms with Crippen LogP contribution in [0.5, 0.6) is 0 Å². The molecule has 0 fully saturated rings. The third kappa shape index (κ3) is 7.83. The molecule has 1 aromatic carbocycles. The Kier molecular flexibility index (Phi) is 9.05. The highest BCUT2D eigenvalue weighted by atomic mass is 35.5. The largest absolute Gasteiger partial charge is 0.355 e. The summed E-state index contributed by atoms with van der Waals surface area (Å²) in [6.45, 7) is 2.63. The van der Waals surface area contributed by atoms with E-state index >= 15 is 0 Å². The number of hydrogen-bond donors (Lipinski definition) is 1. The van der Waals surface area contributed by atoms with Crippen LogP contribution in [0.2, 0.25) is 10.0 Å². The van der Waals surface area contributed by atoms with Crippen molar-refractivity contribution < 1.29 is 13.2 Å². The molecule has 1 aromatic rings. The van der Waals surface area contributed by atoms with Gasteiger partial charge < -0.3 is 5.32 Å². The second-order valence-electron chi connectivity index (χ2n) is 5.64. The van der Waals surface area contributed by atoms with Crippen LogP contribution in [0.4, 0.5) is 0 Å². The minimum absolute atomic E-state index is 0.156. The lowest BCUT2D eigenvalue weighted by Gasteiger charge is -2.19. The van der Waals surface area contributed by atoms with Crippen LogP contribution >= 0.6 is 23.2 Å². The van der Waals surface area contributed by atoms with Gasteiger partial charge in [0.2, 0.25) is 15.9 Å². The van der Waals surface area contributed by atoms with Gasteiger partial charge in [0.25, 0.3) is 0 Å². The predicted molar refractivity (Wildman–Crippen MR) is 99.1 cm³/mol. The van der Waals surface area contributed by atoms with E-state index in [1.807, 2.05) is 13.0 Å². The third-order valence-corrected chi connectivity index (χ3v) is 5.37. The first-order chi connectivity index (χ1) is 11.2. The van der Waals surface area contributed by atoms with Crippen molar-refractivity contribution in [3.63, 3.8) is 0 Å². The fourth-order valence-corrected chi connectivity index (χ4v) is 3.49. The number of amides is 1. The molecule has 0 atom stereocenters. The van der Waals surface area contributed by atoms with E-state index in [4.69, 9.17) is 23.2 Å². The highest BCUT2D eigenvalue weighted by Crippen LogP contribution is 2.21. The fourth-order valence-electron chi connectivity index (χ4n) is 2.18. The quantitative estimate of drug-likeness (QED) is 0.619. The highest BCUT2D eigenvalue weighted by molar-refractivity contribution is 7.88.